The molecule has 1 aromatic carbocycles. The van der Waals surface area contributed by atoms with Crippen molar-refractivity contribution in [3.05, 3.63) is 27.2 Å². The van der Waals surface area contributed by atoms with E-state index < -0.39 is 0 Å². The van der Waals surface area contributed by atoms with Crippen LogP contribution in [0.5, 0.6) is 5.75 Å². The van der Waals surface area contributed by atoms with Crippen molar-refractivity contribution >= 4 is 21.7 Å². The predicted molar refractivity (Wildman–Crippen MR) is 80.2 cm³/mol. The molecule has 3 nitrogen and oxygen atoms in total. The molecule has 0 saturated carbocycles. The van der Waals surface area contributed by atoms with Gasteiger partial charge in [0.05, 0.1) is 5.56 Å². The number of carbonyl (C=O) groups excluding carboxylic acids is 1. The van der Waals surface area contributed by atoms with E-state index in [2.05, 4.69) is 34.7 Å². The highest BCUT2D eigenvalue weighted by molar-refractivity contribution is 9.10. The number of hydrogen-bond acceptors (Lipinski definition) is 3. The van der Waals surface area contributed by atoms with Crippen molar-refractivity contribution in [3.8, 4) is 5.75 Å². The summed E-state index contributed by atoms with van der Waals surface area (Å²) >= 11 is 3.52. The van der Waals surface area contributed by atoms with E-state index in [4.69, 9.17) is 4.74 Å². The van der Waals surface area contributed by atoms with Crippen molar-refractivity contribution in [2.75, 3.05) is 19.7 Å². The number of likely N-dealkylation sites (N-methyl/N-ethyl adjacent to an activating group) is 1. The van der Waals surface area contributed by atoms with Crippen molar-refractivity contribution in [1.82, 2.24) is 4.90 Å². The number of ether oxygens (including phenoxy) is 1. The molecule has 1 aliphatic heterocycles. The minimum atomic E-state index is -0.156. The van der Waals surface area contributed by atoms with Gasteiger partial charge >= 0.3 is 0 Å². The van der Waals surface area contributed by atoms with E-state index in [1.54, 1.807) is 0 Å². The average Bonchev–Trinajstić information content (AvgIpc) is 2.41. The number of benzene rings is 1. The number of ketones is 1. The van der Waals surface area contributed by atoms with Gasteiger partial charge in [-0.2, -0.15) is 0 Å². The zero-order valence-corrected chi connectivity index (χ0v) is 13.5. The van der Waals surface area contributed by atoms with Crippen molar-refractivity contribution in [1.29, 1.82) is 0 Å². The Bertz CT molecular complexity index is 509. The van der Waals surface area contributed by atoms with Crippen molar-refractivity contribution < 1.29 is 9.53 Å². The van der Waals surface area contributed by atoms with Crippen molar-refractivity contribution in [2.45, 2.75) is 33.7 Å². The monoisotopic (exact) mass is 325 g/mol. The summed E-state index contributed by atoms with van der Waals surface area (Å²) in [5.74, 6) is 0.933. The largest absolute Gasteiger partial charge is 0.490 e. The van der Waals surface area contributed by atoms with E-state index in [9.17, 15) is 4.79 Å². The molecule has 0 bridgehead atoms. The van der Waals surface area contributed by atoms with Crippen LogP contribution in [-0.2, 0) is 0 Å². The molecule has 0 amide bonds. The average molecular weight is 326 g/mol. The van der Waals surface area contributed by atoms with Gasteiger partial charge in [-0.25, -0.2) is 0 Å². The number of nitrogens with zero attached hydrogens (tertiary/aromatic N) is 1. The first-order valence-corrected chi connectivity index (χ1v) is 7.51. The van der Waals surface area contributed by atoms with Crippen LogP contribution in [-0.4, -0.2) is 36.4 Å². The number of carbonyl (C=O) groups is 1. The van der Waals surface area contributed by atoms with Crippen LogP contribution in [0.4, 0.5) is 0 Å². The van der Waals surface area contributed by atoms with E-state index in [1.165, 1.54) is 0 Å². The lowest BCUT2D eigenvalue weighted by Gasteiger charge is -2.33. The topological polar surface area (TPSA) is 29.5 Å². The molecule has 0 fully saturated rings. The zero-order chi connectivity index (χ0) is 14.2. The van der Waals surface area contributed by atoms with Crippen molar-refractivity contribution in [2.24, 2.45) is 0 Å². The molecular weight excluding hydrogens is 306 g/mol. The van der Waals surface area contributed by atoms with Gasteiger partial charge in [0.25, 0.3) is 0 Å². The Labute approximate surface area is 123 Å². The number of fused-ring (bicyclic) bond motifs is 1. The van der Waals surface area contributed by atoms with Crippen LogP contribution in [0.1, 0.15) is 35.3 Å². The second-order valence-corrected chi connectivity index (χ2v) is 5.75. The van der Waals surface area contributed by atoms with Gasteiger partial charge in [-0.05, 0) is 44.1 Å². The van der Waals surface area contributed by atoms with Gasteiger partial charge < -0.3 is 4.74 Å². The quantitative estimate of drug-likeness (QED) is 0.853. The first kappa shape index (κ1) is 14.5. The highest BCUT2D eigenvalue weighted by Gasteiger charge is 2.33. The summed E-state index contributed by atoms with van der Waals surface area (Å²) in [5, 5.41) is 0. The molecule has 0 saturated heterocycles. The Morgan fingerprint density at radius 2 is 1.95 bits per heavy atom. The van der Waals surface area contributed by atoms with E-state index in [-0.39, 0.29) is 11.8 Å². The van der Waals surface area contributed by atoms with Crippen LogP contribution in [0.25, 0.3) is 0 Å². The molecule has 1 heterocycles. The lowest BCUT2D eigenvalue weighted by atomic mass is 9.95. The second-order valence-electron chi connectivity index (χ2n) is 4.90. The third kappa shape index (κ3) is 2.43. The highest BCUT2D eigenvalue weighted by atomic mass is 79.9. The molecule has 2 rings (SSSR count). The second kappa shape index (κ2) is 5.63. The highest BCUT2D eigenvalue weighted by Crippen LogP contribution is 2.35. The summed E-state index contributed by atoms with van der Waals surface area (Å²) in [4.78, 5) is 14.8. The first-order chi connectivity index (χ1) is 9.01. The Morgan fingerprint density at radius 3 is 2.53 bits per heavy atom. The lowest BCUT2D eigenvalue weighted by Crippen LogP contribution is -2.47. The molecule has 104 valence electrons. The fourth-order valence-electron chi connectivity index (χ4n) is 2.57. The van der Waals surface area contributed by atoms with Crippen LogP contribution < -0.4 is 4.74 Å². The van der Waals surface area contributed by atoms with E-state index in [0.717, 1.165) is 34.4 Å². The Morgan fingerprint density at radius 1 is 1.32 bits per heavy atom. The van der Waals surface area contributed by atoms with Gasteiger partial charge in [0.2, 0.25) is 0 Å². The van der Waals surface area contributed by atoms with Gasteiger partial charge in [0, 0.05) is 4.47 Å². The van der Waals surface area contributed by atoms with Gasteiger partial charge in [-0.15, -0.1) is 0 Å². The standard InChI is InChI=1S/C15H20BrNO2/c1-5-17(6-2)13-8-19-15-10(4)9(3)12(16)7-11(15)14(13)18/h7,13H,5-6,8H2,1-4H3/t13-/m1/s1. The van der Waals surface area contributed by atoms with Crippen LogP contribution in [0, 0.1) is 13.8 Å². The molecule has 1 aliphatic rings. The summed E-state index contributed by atoms with van der Waals surface area (Å²) < 4.78 is 6.85. The summed E-state index contributed by atoms with van der Waals surface area (Å²) in [6.45, 7) is 10.4. The van der Waals surface area contributed by atoms with Crippen LogP contribution >= 0.6 is 15.9 Å². The predicted octanol–water partition coefficient (Wildman–Crippen LogP) is 3.35. The lowest BCUT2D eigenvalue weighted by molar-refractivity contribution is 0.0690. The molecule has 1 aromatic rings. The number of hydrogen-bond donors (Lipinski definition) is 0. The van der Waals surface area contributed by atoms with Crippen LogP contribution in [0.3, 0.4) is 0 Å². The smallest absolute Gasteiger partial charge is 0.187 e. The van der Waals surface area contributed by atoms with Gasteiger partial charge in [-0.1, -0.05) is 29.8 Å². The number of halogens is 1. The van der Waals surface area contributed by atoms with Gasteiger partial charge in [0.1, 0.15) is 18.4 Å². The van der Waals surface area contributed by atoms with E-state index in [0.29, 0.717) is 12.2 Å². The van der Waals surface area contributed by atoms with Crippen molar-refractivity contribution in [3.63, 3.8) is 0 Å². The molecule has 0 radical (unpaired) electrons. The Hall–Kier alpha value is -0.870. The number of Topliss-reactive ketones (excluding diaryl/α,β-unsaturated/α-hetero) is 1. The molecule has 0 N–H and O–H groups in total. The maximum absolute atomic E-state index is 12.6. The molecule has 0 spiro atoms. The fraction of sp³-hybridized carbons (Fsp3) is 0.533. The Balaban J connectivity index is 2.44. The Kier molecular flexibility index (Phi) is 4.31. The zero-order valence-electron chi connectivity index (χ0n) is 11.9. The molecule has 4 heteroatoms. The summed E-state index contributed by atoms with van der Waals surface area (Å²) in [6, 6.07) is 1.74. The van der Waals surface area contributed by atoms with E-state index in [1.807, 2.05) is 19.9 Å². The minimum absolute atomic E-state index is 0.156. The maximum atomic E-state index is 12.6. The number of rotatable bonds is 3. The van der Waals surface area contributed by atoms with Gasteiger partial charge in [0.15, 0.2) is 5.78 Å². The van der Waals surface area contributed by atoms with E-state index >= 15 is 0 Å². The molecule has 0 unspecified atom stereocenters. The molecule has 0 aromatic heterocycles. The third-order valence-corrected chi connectivity index (χ3v) is 4.81. The summed E-state index contributed by atoms with van der Waals surface area (Å²) in [7, 11) is 0. The minimum Gasteiger partial charge on any atom is -0.490 e. The normalized spacial score (nSPS) is 18.4. The third-order valence-electron chi connectivity index (χ3n) is 3.98. The SMILES string of the molecule is CCN(CC)[C@@H]1COc2c(cc(Br)c(C)c2C)C1=O. The molecule has 1 atom stereocenters. The summed E-state index contributed by atoms with van der Waals surface area (Å²) in [5.41, 5.74) is 2.89. The first-order valence-electron chi connectivity index (χ1n) is 6.72. The molecular formula is C15H20BrNO2. The van der Waals surface area contributed by atoms with Crippen LogP contribution in [0.2, 0.25) is 0 Å². The molecule has 19 heavy (non-hydrogen) atoms. The van der Waals surface area contributed by atoms with Gasteiger partial charge in [-0.3, -0.25) is 9.69 Å². The summed E-state index contributed by atoms with van der Waals surface area (Å²) in [6.07, 6.45) is 0. The molecule has 0 aliphatic carbocycles. The van der Waals surface area contributed by atoms with Crippen LogP contribution in [0.15, 0.2) is 10.5 Å². The fourth-order valence-corrected chi connectivity index (χ4v) is 3.10. The maximum Gasteiger partial charge on any atom is 0.187 e.